The van der Waals surface area contributed by atoms with Crippen molar-refractivity contribution < 1.29 is 14.7 Å². The summed E-state index contributed by atoms with van der Waals surface area (Å²) in [5.74, 6) is -1.32. The SMILES string of the molecule is Cc1nc(NC(=O)c2cccc(C(=O)O)n2)ccc1Br. The Kier molecular flexibility index (Phi) is 4.09. The van der Waals surface area contributed by atoms with Crippen molar-refractivity contribution in [2.24, 2.45) is 0 Å². The van der Waals surface area contributed by atoms with Crippen molar-refractivity contribution >= 4 is 33.6 Å². The minimum absolute atomic E-state index is 0.0206. The van der Waals surface area contributed by atoms with Crippen LogP contribution in [0.15, 0.2) is 34.8 Å². The summed E-state index contributed by atoms with van der Waals surface area (Å²) in [5.41, 5.74) is 0.569. The lowest BCUT2D eigenvalue weighted by Gasteiger charge is -2.06. The highest BCUT2D eigenvalue weighted by Crippen LogP contribution is 2.16. The number of aryl methyl sites for hydroxylation is 1. The number of carboxylic acids is 1. The third-order valence-electron chi connectivity index (χ3n) is 2.46. The van der Waals surface area contributed by atoms with Crippen molar-refractivity contribution in [1.82, 2.24) is 9.97 Å². The van der Waals surface area contributed by atoms with Crippen LogP contribution >= 0.6 is 15.9 Å². The summed E-state index contributed by atoms with van der Waals surface area (Å²) in [6.07, 6.45) is 0. The first kappa shape index (κ1) is 14.1. The first-order valence-electron chi connectivity index (χ1n) is 5.62. The Bertz CT molecular complexity index is 688. The minimum Gasteiger partial charge on any atom is -0.477 e. The molecule has 7 heteroatoms. The van der Waals surface area contributed by atoms with Crippen molar-refractivity contribution in [1.29, 1.82) is 0 Å². The fourth-order valence-electron chi connectivity index (χ4n) is 1.47. The van der Waals surface area contributed by atoms with Gasteiger partial charge in [0.1, 0.15) is 17.2 Å². The van der Waals surface area contributed by atoms with Gasteiger partial charge < -0.3 is 10.4 Å². The highest BCUT2D eigenvalue weighted by Gasteiger charge is 2.12. The number of aromatic nitrogens is 2. The molecule has 0 spiro atoms. The van der Waals surface area contributed by atoms with Crippen LogP contribution in [-0.2, 0) is 0 Å². The van der Waals surface area contributed by atoms with Crippen molar-refractivity contribution in [3.05, 3.63) is 51.9 Å². The summed E-state index contributed by atoms with van der Waals surface area (Å²) >= 11 is 3.31. The number of carbonyl (C=O) groups is 2. The fourth-order valence-corrected chi connectivity index (χ4v) is 1.70. The number of carboxylic acid groups (broad SMARTS) is 1. The zero-order valence-electron chi connectivity index (χ0n) is 10.4. The van der Waals surface area contributed by atoms with Crippen LogP contribution in [0.4, 0.5) is 5.82 Å². The van der Waals surface area contributed by atoms with E-state index in [0.29, 0.717) is 5.82 Å². The Morgan fingerprint density at radius 3 is 2.50 bits per heavy atom. The Hall–Kier alpha value is -2.28. The number of nitrogens with one attached hydrogen (secondary N) is 1. The Morgan fingerprint density at radius 1 is 1.15 bits per heavy atom. The van der Waals surface area contributed by atoms with E-state index in [9.17, 15) is 9.59 Å². The quantitative estimate of drug-likeness (QED) is 0.898. The topological polar surface area (TPSA) is 92.2 Å². The molecule has 0 atom stereocenters. The second kappa shape index (κ2) is 5.79. The standard InChI is InChI=1S/C13H10BrN3O3/c1-7-8(14)5-6-11(15-7)17-12(18)9-3-2-4-10(16-9)13(19)20/h2-6H,1H3,(H,19,20)(H,15,17,18). The summed E-state index contributed by atoms with van der Waals surface area (Å²) in [7, 11) is 0. The lowest BCUT2D eigenvalue weighted by Crippen LogP contribution is -2.16. The van der Waals surface area contributed by atoms with Gasteiger partial charge in [-0.2, -0.15) is 0 Å². The molecular weight excluding hydrogens is 326 g/mol. The zero-order valence-corrected chi connectivity index (χ0v) is 12.0. The van der Waals surface area contributed by atoms with E-state index in [1.807, 2.05) is 0 Å². The highest BCUT2D eigenvalue weighted by atomic mass is 79.9. The molecule has 0 radical (unpaired) electrons. The Morgan fingerprint density at radius 2 is 1.85 bits per heavy atom. The number of amides is 1. The third-order valence-corrected chi connectivity index (χ3v) is 3.30. The second-order valence-electron chi connectivity index (χ2n) is 3.93. The summed E-state index contributed by atoms with van der Waals surface area (Å²) in [6, 6.07) is 7.62. The molecule has 2 N–H and O–H groups in total. The van der Waals surface area contributed by atoms with Gasteiger partial charge in [-0.3, -0.25) is 4.79 Å². The van der Waals surface area contributed by atoms with Crippen LogP contribution in [0.2, 0.25) is 0 Å². The average Bonchev–Trinajstić information content (AvgIpc) is 2.43. The van der Waals surface area contributed by atoms with Crippen LogP contribution in [-0.4, -0.2) is 27.0 Å². The second-order valence-corrected chi connectivity index (χ2v) is 4.79. The molecule has 0 fully saturated rings. The number of hydrogen-bond acceptors (Lipinski definition) is 4. The van der Waals surface area contributed by atoms with Gasteiger partial charge in [0.2, 0.25) is 0 Å². The number of anilines is 1. The molecule has 0 unspecified atom stereocenters. The molecule has 2 aromatic heterocycles. The number of nitrogens with zero attached hydrogens (tertiary/aromatic N) is 2. The van der Waals surface area contributed by atoms with E-state index >= 15 is 0 Å². The summed E-state index contributed by atoms with van der Waals surface area (Å²) < 4.78 is 0.835. The van der Waals surface area contributed by atoms with Gasteiger partial charge in [0.25, 0.3) is 5.91 Å². The van der Waals surface area contributed by atoms with Gasteiger partial charge in [0.05, 0.1) is 5.69 Å². The molecule has 20 heavy (non-hydrogen) atoms. The van der Waals surface area contributed by atoms with Crippen molar-refractivity contribution in [3.8, 4) is 0 Å². The van der Waals surface area contributed by atoms with Gasteiger partial charge in [-0.25, -0.2) is 14.8 Å². The van der Waals surface area contributed by atoms with Crippen LogP contribution in [0, 0.1) is 6.92 Å². The maximum Gasteiger partial charge on any atom is 0.354 e. The predicted molar refractivity (Wildman–Crippen MR) is 75.8 cm³/mol. The lowest BCUT2D eigenvalue weighted by molar-refractivity contribution is 0.0690. The van der Waals surface area contributed by atoms with E-state index in [1.54, 1.807) is 19.1 Å². The lowest BCUT2D eigenvalue weighted by atomic mass is 10.3. The number of aromatic carboxylic acids is 1. The normalized spacial score (nSPS) is 10.1. The minimum atomic E-state index is -1.18. The van der Waals surface area contributed by atoms with Gasteiger partial charge in [-0.15, -0.1) is 0 Å². The average molecular weight is 336 g/mol. The molecule has 0 aliphatic carbocycles. The number of halogens is 1. The fraction of sp³-hybridized carbons (Fsp3) is 0.0769. The number of rotatable bonds is 3. The zero-order chi connectivity index (χ0) is 14.7. The van der Waals surface area contributed by atoms with E-state index in [1.165, 1.54) is 18.2 Å². The third kappa shape index (κ3) is 3.18. The van der Waals surface area contributed by atoms with Crippen LogP contribution < -0.4 is 5.32 Å². The maximum absolute atomic E-state index is 12.0. The summed E-state index contributed by atoms with van der Waals surface area (Å²) in [6.45, 7) is 1.79. The number of pyridine rings is 2. The van der Waals surface area contributed by atoms with Crippen LogP contribution in [0.25, 0.3) is 0 Å². The van der Waals surface area contributed by atoms with E-state index in [-0.39, 0.29) is 11.4 Å². The monoisotopic (exact) mass is 335 g/mol. The van der Waals surface area contributed by atoms with E-state index in [0.717, 1.165) is 10.2 Å². The molecule has 0 saturated heterocycles. The summed E-state index contributed by atoms with van der Waals surface area (Å²) in [4.78, 5) is 30.7. The molecule has 2 rings (SSSR count). The van der Waals surface area contributed by atoms with Crippen LogP contribution in [0.1, 0.15) is 26.7 Å². The van der Waals surface area contributed by atoms with Crippen molar-refractivity contribution in [2.75, 3.05) is 5.32 Å². The Balaban J connectivity index is 2.21. The molecular formula is C13H10BrN3O3. The largest absolute Gasteiger partial charge is 0.477 e. The van der Waals surface area contributed by atoms with Gasteiger partial charge >= 0.3 is 5.97 Å². The molecule has 2 aromatic rings. The molecule has 6 nitrogen and oxygen atoms in total. The summed E-state index contributed by atoms with van der Waals surface area (Å²) in [5, 5.41) is 11.4. The van der Waals surface area contributed by atoms with Crippen LogP contribution in [0.3, 0.4) is 0 Å². The number of carbonyl (C=O) groups excluding carboxylic acids is 1. The highest BCUT2D eigenvalue weighted by molar-refractivity contribution is 9.10. The van der Waals surface area contributed by atoms with Crippen molar-refractivity contribution in [3.63, 3.8) is 0 Å². The molecule has 0 aliphatic rings. The molecule has 102 valence electrons. The van der Waals surface area contributed by atoms with Gasteiger partial charge in [-0.1, -0.05) is 6.07 Å². The van der Waals surface area contributed by atoms with Gasteiger partial charge in [0, 0.05) is 4.47 Å². The molecule has 1 amide bonds. The van der Waals surface area contributed by atoms with E-state index in [2.05, 4.69) is 31.2 Å². The van der Waals surface area contributed by atoms with Gasteiger partial charge in [0.15, 0.2) is 0 Å². The van der Waals surface area contributed by atoms with Gasteiger partial charge in [-0.05, 0) is 47.1 Å². The predicted octanol–water partition coefficient (Wildman–Crippen LogP) is 2.50. The smallest absolute Gasteiger partial charge is 0.354 e. The molecule has 2 heterocycles. The first-order chi connectivity index (χ1) is 9.47. The van der Waals surface area contributed by atoms with Crippen LogP contribution in [0.5, 0.6) is 0 Å². The first-order valence-corrected chi connectivity index (χ1v) is 6.41. The Labute approximate surface area is 123 Å². The number of hydrogen-bond donors (Lipinski definition) is 2. The van der Waals surface area contributed by atoms with Crippen molar-refractivity contribution in [2.45, 2.75) is 6.92 Å². The molecule has 0 bridgehead atoms. The molecule has 0 aliphatic heterocycles. The maximum atomic E-state index is 12.0. The molecule has 0 aromatic carbocycles. The van der Waals surface area contributed by atoms with E-state index in [4.69, 9.17) is 5.11 Å². The molecule has 0 saturated carbocycles. The van der Waals surface area contributed by atoms with E-state index < -0.39 is 11.9 Å².